The van der Waals surface area contributed by atoms with E-state index in [0.717, 1.165) is 39.1 Å². The molecule has 4 N–H and O–H groups in total. The number of ether oxygens (including phenoxy) is 2. The highest BCUT2D eigenvalue weighted by Gasteiger charge is 2.38. The summed E-state index contributed by atoms with van der Waals surface area (Å²) >= 11 is 1.47. The summed E-state index contributed by atoms with van der Waals surface area (Å²) < 4.78 is 15.0. The molecular weight excluding hydrogens is 671 g/mol. The maximum Gasteiger partial charge on any atom is 0.303 e. The van der Waals surface area contributed by atoms with E-state index < -0.39 is 12.3 Å². The molecule has 264 valence electrons. The molecule has 12 nitrogen and oxygen atoms in total. The number of benzene rings is 4. The van der Waals surface area contributed by atoms with Crippen LogP contribution in [-0.2, 0) is 32.2 Å². The van der Waals surface area contributed by atoms with Gasteiger partial charge in [-0.15, -0.1) is 5.10 Å². The summed E-state index contributed by atoms with van der Waals surface area (Å²) in [7, 11) is 0. The van der Waals surface area contributed by atoms with Gasteiger partial charge in [0.05, 0.1) is 24.5 Å². The fourth-order valence-electron chi connectivity index (χ4n) is 5.91. The number of carbonyl (C=O) groups excluding carboxylic acids is 1. The highest BCUT2D eigenvalue weighted by Crippen LogP contribution is 2.43. The number of aromatic hydroxyl groups is 1. The summed E-state index contributed by atoms with van der Waals surface area (Å²) in [6.07, 6.45) is -0.825. The summed E-state index contributed by atoms with van der Waals surface area (Å²) in [5.41, 5.74) is 6.19. The number of phenolic OH excluding ortho intramolecular Hbond substituents is 1. The summed E-state index contributed by atoms with van der Waals surface area (Å²) in [5.74, 6) is -0.459. The van der Waals surface area contributed by atoms with Gasteiger partial charge in [-0.25, -0.2) is 0 Å². The van der Waals surface area contributed by atoms with E-state index >= 15 is 0 Å². The molecule has 0 saturated carbocycles. The molecule has 1 amide bonds. The lowest BCUT2D eigenvalue weighted by Gasteiger charge is -2.41. The molecule has 1 aliphatic heterocycles. The Labute approximate surface area is 299 Å². The molecule has 2 heterocycles. The van der Waals surface area contributed by atoms with Gasteiger partial charge in [0, 0.05) is 36.6 Å². The third kappa shape index (κ3) is 9.18. The van der Waals surface area contributed by atoms with Crippen LogP contribution in [0.4, 0.5) is 0 Å². The Bertz CT molecular complexity index is 1940. The highest BCUT2D eigenvalue weighted by atomic mass is 32.2. The van der Waals surface area contributed by atoms with Gasteiger partial charge in [-0.2, -0.15) is 4.68 Å². The van der Waals surface area contributed by atoms with Crippen LogP contribution in [0.5, 0.6) is 5.75 Å². The molecule has 5 aromatic rings. The first-order valence-corrected chi connectivity index (χ1v) is 17.6. The highest BCUT2D eigenvalue weighted by molar-refractivity contribution is 7.99. The lowest BCUT2D eigenvalue weighted by Crippen LogP contribution is -2.38. The predicted molar refractivity (Wildman–Crippen MR) is 190 cm³/mol. The number of aliphatic hydroxyl groups is 1. The SMILES string of the molecule is C[C@@H]1[C@H](CSc2nnnn2-c2ccc(O)cc2)O[C@H](c2cccc(-c3cccc(CNC(=O)CCCC(=O)O)c3)c2)O[C@@H]1c1ccc(CO)cc1. The largest absolute Gasteiger partial charge is 0.508 e. The van der Waals surface area contributed by atoms with Gasteiger partial charge in [-0.05, 0) is 81.1 Å². The fraction of sp³-hybridized carbons (Fsp3) is 0.289. The van der Waals surface area contributed by atoms with E-state index in [1.807, 2.05) is 72.8 Å². The van der Waals surface area contributed by atoms with E-state index in [4.69, 9.17) is 14.6 Å². The molecule has 1 fully saturated rings. The maximum absolute atomic E-state index is 12.2. The van der Waals surface area contributed by atoms with Crippen molar-refractivity contribution in [3.8, 4) is 22.6 Å². The summed E-state index contributed by atoms with van der Waals surface area (Å²) in [6.45, 7) is 2.38. The van der Waals surface area contributed by atoms with Crippen molar-refractivity contribution < 1.29 is 34.4 Å². The smallest absolute Gasteiger partial charge is 0.303 e. The Balaban J connectivity index is 1.21. The average molecular weight is 710 g/mol. The Kier molecular flexibility index (Phi) is 11.7. The molecule has 1 aliphatic rings. The molecule has 0 bridgehead atoms. The molecular formula is C38H39N5O7S. The third-order valence-corrected chi connectivity index (χ3v) is 9.75. The number of thioether (sulfide) groups is 1. The van der Waals surface area contributed by atoms with Crippen LogP contribution in [0.25, 0.3) is 16.8 Å². The van der Waals surface area contributed by atoms with Gasteiger partial charge in [-0.3, -0.25) is 9.59 Å². The minimum atomic E-state index is -0.914. The zero-order chi connectivity index (χ0) is 35.7. The van der Waals surface area contributed by atoms with Crippen LogP contribution < -0.4 is 5.32 Å². The Morgan fingerprint density at radius 1 is 0.882 bits per heavy atom. The van der Waals surface area contributed by atoms with E-state index in [-0.39, 0.29) is 49.2 Å². The number of carboxylic acid groups (broad SMARTS) is 1. The standard InChI is InChI=1S/C38H39N5O7S/c1-24-33(23-51-38-40-41-42-43(38)31-15-17-32(45)18-16-31)49-37(50-36(24)27-13-11-25(22-44)12-14-27)30-8-3-7-29(20-30)28-6-2-5-26(19-28)21-39-34(46)9-4-10-35(47)48/h2-3,5-8,11-20,24,33,36-37,44-45H,4,9-10,21-23H2,1H3,(H,39,46)(H,47,48)/t24-,33+,36+,37+/m1/s1. The number of carbonyl (C=O) groups is 2. The normalized spacial score (nSPS) is 18.7. The molecule has 1 aromatic heterocycles. The van der Waals surface area contributed by atoms with Crippen LogP contribution >= 0.6 is 11.8 Å². The number of amides is 1. The number of hydrogen-bond donors (Lipinski definition) is 4. The monoisotopic (exact) mass is 709 g/mol. The molecule has 0 spiro atoms. The Hall–Kier alpha value is -5.08. The summed E-state index contributed by atoms with van der Waals surface area (Å²) in [4.78, 5) is 23.0. The van der Waals surface area contributed by atoms with Crippen LogP contribution in [0.15, 0.2) is 102 Å². The second kappa shape index (κ2) is 16.8. The average Bonchev–Trinajstić information content (AvgIpc) is 3.62. The molecule has 0 aliphatic carbocycles. The number of nitrogens with one attached hydrogen (secondary N) is 1. The van der Waals surface area contributed by atoms with E-state index in [1.165, 1.54) is 11.8 Å². The van der Waals surface area contributed by atoms with Gasteiger partial charge in [0.1, 0.15) is 5.75 Å². The predicted octanol–water partition coefficient (Wildman–Crippen LogP) is 5.98. The second-order valence-corrected chi connectivity index (χ2v) is 13.4. The van der Waals surface area contributed by atoms with Gasteiger partial charge in [0.2, 0.25) is 11.1 Å². The maximum atomic E-state index is 12.2. The molecule has 13 heteroatoms. The number of tetrazole rings is 1. The summed E-state index contributed by atoms with van der Waals surface area (Å²) in [6, 6.07) is 30.3. The minimum Gasteiger partial charge on any atom is -0.508 e. The van der Waals surface area contributed by atoms with Crippen LogP contribution in [0.3, 0.4) is 0 Å². The number of aliphatic hydroxyl groups excluding tert-OH is 1. The van der Waals surface area contributed by atoms with Crippen molar-refractivity contribution >= 4 is 23.6 Å². The van der Waals surface area contributed by atoms with E-state index in [0.29, 0.717) is 23.9 Å². The Morgan fingerprint density at radius 3 is 2.37 bits per heavy atom. The topological polar surface area (TPSA) is 169 Å². The number of nitrogens with zero attached hydrogens (tertiary/aromatic N) is 4. The number of aromatic nitrogens is 4. The number of aliphatic carboxylic acids is 1. The number of rotatable bonds is 14. The number of hydrogen-bond acceptors (Lipinski definition) is 10. The number of carboxylic acids is 1. The molecule has 4 atom stereocenters. The van der Waals surface area contributed by atoms with Gasteiger partial charge in [-0.1, -0.05) is 79.3 Å². The van der Waals surface area contributed by atoms with Crippen molar-refractivity contribution in [3.63, 3.8) is 0 Å². The van der Waals surface area contributed by atoms with E-state index in [2.05, 4.69) is 27.8 Å². The van der Waals surface area contributed by atoms with Crippen LogP contribution in [0.2, 0.25) is 0 Å². The van der Waals surface area contributed by atoms with E-state index in [9.17, 15) is 19.8 Å². The molecule has 4 aromatic carbocycles. The molecule has 0 radical (unpaired) electrons. The lowest BCUT2D eigenvalue weighted by molar-refractivity contribution is -0.268. The van der Waals surface area contributed by atoms with Gasteiger partial charge in [0.15, 0.2) is 6.29 Å². The van der Waals surface area contributed by atoms with Crippen molar-refractivity contribution in [2.45, 2.75) is 63.0 Å². The van der Waals surface area contributed by atoms with Gasteiger partial charge >= 0.3 is 5.97 Å². The summed E-state index contributed by atoms with van der Waals surface area (Å²) in [5, 5.41) is 43.9. The van der Waals surface area contributed by atoms with E-state index in [1.54, 1.807) is 28.9 Å². The van der Waals surface area contributed by atoms with Gasteiger partial charge < -0.3 is 30.1 Å². The lowest BCUT2D eigenvalue weighted by atomic mass is 9.91. The molecule has 51 heavy (non-hydrogen) atoms. The zero-order valence-electron chi connectivity index (χ0n) is 28.0. The quantitative estimate of drug-likeness (QED) is 0.100. The first-order valence-electron chi connectivity index (χ1n) is 16.7. The van der Waals surface area contributed by atoms with Crippen molar-refractivity contribution in [2.24, 2.45) is 5.92 Å². The fourth-order valence-corrected chi connectivity index (χ4v) is 6.96. The van der Waals surface area contributed by atoms with Crippen LogP contribution in [0.1, 0.15) is 60.8 Å². The first-order chi connectivity index (χ1) is 24.8. The Morgan fingerprint density at radius 2 is 1.63 bits per heavy atom. The molecule has 1 saturated heterocycles. The minimum absolute atomic E-state index is 0.0374. The molecule has 0 unspecified atom stereocenters. The van der Waals surface area contributed by atoms with Crippen molar-refractivity contribution in [2.75, 3.05) is 5.75 Å². The van der Waals surface area contributed by atoms with Gasteiger partial charge in [0.25, 0.3) is 0 Å². The van der Waals surface area contributed by atoms with Crippen molar-refractivity contribution in [1.82, 2.24) is 25.5 Å². The van der Waals surface area contributed by atoms with Crippen LogP contribution in [0, 0.1) is 5.92 Å². The van der Waals surface area contributed by atoms with Crippen molar-refractivity contribution in [1.29, 1.82) is 0 Å². The van der Waals surface area contributed by atoms with Crippen molar-refractivity contribution in [3.05, 3.63) is 119 Å². The molecule has 6 rings (SSSR count). The third-order valence-electron chi connectivity index (χ3n) is 8.74. The first kappa shape index (κ1) is 35.7. The van der Waals surface area contributed by atoms with Crippen LogP contribution in [-0.4, -0.2) is 59.3 Å². The second-order valence-electron chi connectivity index (χ2n) is 12.4. The zero-order valence-corrected chi connectivity index (χ0v) is 28.8. The number of phenols is 1.